The van der Waals surface area contributed by atoms with E-state index in [0.29, 0.717) is 52.1 Å². The quantitative estimate of drug-likeness (QED) is 0.0462. The van der Waals surface area contributed by atoms with Crippen molar-refractivity contribution < 1.29 is 40.6 Å². The summed E-state index contributed by atoms with van der Waals surface area (Å²) in [6.45, 7) is 11.7. The standard InChI is InChI=1S/C29H38N4O4S.C15H20N4.C13H19NO5S.ClH/c1-21-16-27(37-5)17-22(2)29(21)38(35,36)32(4)13-12-26(34)18-23-6-8-25(9-7-23)33-14-10-24(11-15-33)28-19-30-20-31(28)3;1-18-11-17-10-15(18)12-6-8-19(9-7-12)14-4-2-13(16)3-5-14;1-10-7-12(18-4)8-11(2)13(10)20(16,17)14(3)5-6-19-9-15;/h6-9,16-17,19-20,24H,10-15,18H2,1-5H3;2-5,10-12H,6-9,16H2,1H3;7-9H,5-6H2,1-4H3;1H. The Hall–Kier alpha value is -6.45. The van der Waals surface area contributed by atoms with Gasteiger partial charge in [-0.15, -0.1) is 12.4 Å². The first-order chi connectivity index (χ1) is 36.7. The fourth-order valence-corrected chi connectivity index (χ4v) is 13.3. The van der Waals surface area contributed by atoms with E-state index in [-0.39, 0.29) is 60.5 Å². The van der Waals surface area contributed by atoms with Crippen LogP contribution in [0.5, 0.6) is 11.5 Å². The Morgan fingerprint density at radius 2 is 1.04 bits per heavy atom. The van der Waals surface area contributed by atoms with E-state index in [9.17, 15) is 26.4 Å². The van der Waals surface area contributed by atoms with E-state index in [1.165, 1.54) is 61.1 Å². The number of rotatable bonds is 19. The van der Waals surface area contributed by atoms with Gasteiger partial charge in [-0.05, 0) is 142 Å². The minimum Gasteiger partial charge on any atom is -0.497 e. The van der Waals surface area contributed by atoms with Crippen LogP contribution in [0.2, 0.25) is 0 Å². The van der Waals surface area contributed by atoms with Crippen LogP contribution in [-0.2, 0) is 54.9 Å². The number of aromatic nitrogens is 4. The lowest BCUT2D eigenvalue weighted by Gasteiger charge is -2.33. The number of anilines is 3. The van der Waals surface area contributed by atoms with Gasteiger partial charge in [0.2, 0.25) is 20.0 Å². The van der Waals surface area contributed by atoms with Crippen molar-refractivity contribution in [3.63, 3.8) is 0 Å². The number of hydrogen-bond acceptors (Lipinski definition) is 14. The van der Waals surface area contributed by atoms with E-state index in [2.05, 4.69) is 72.0 Å². The number of methoxy groups -OCH3 is 2. The maximum atomic E-state index is 13.2. The number of likely N-dealkylation sites (N-methyl/N-ethyl adjacent to an activating group) is 1. The highest BCUT2D eigenvalue weighted by Gasteiger charge is 2.28. The summed E-state index contributed by atoms with van der Waals surface area (Å²) < 4.78 is 73.0. The highest BCUT2D eigenvalue weighted by molar-refractivity contribution is 7.89. The number of imidazole rings is 2. The molecule has 2 aliphatic heterocycles. The van der Waals surface area contributed by atoms with Crippen LogP contribution in [0, 0.1) is 27.7 Å². The van der Waals surface area contributed by atoms with Crippen molar-refractivity contribution in [3.8, 4) is 11.5 Å². The fraction of sp³-hybridized carbons (Fsp3) is 0.439. The molecule has 2 fully saturated rings. The molecule has 0 unspecified atom stereocenters. The van der Waals surface area contributed by atoms with Gasteiger partial charge in [-0.2, -0.15) is 4.31 Å². The predicted octanol–water partition coefficient (Wildman–Crippen LogP) is 8.17. The highest BCUT2D eigenvalue weighted by Crippen LogP contribution is 2.33. The number of hydrogen-bond donors (Lipinski definition) is 1. The van der Waals surface area contributed by atoms with E-state index in [1.54, 1.807) is 59.1 Å². The van der Waals surface area contributed by atoms with Crippen molar-refractivity contribution >= 4 is 61.8 Å². The number of aryl methyl sites for hydroxylation is 6. The SMILES string of the molecule is COc1cc(C)c(S(=O)(=O)N(C)CCC(=O)Cc2ccc(N3CCC(c4cncn4C)CC3)cc2)c(C)c1.COc1cc(C)c(S(=O)(=O)N(C)CCOC=O)c(C)c1.Cl.Cn1cncc1C1CCN(c2ccc(N)cc2)CC1. The second kappa shape index (κ2) is 28.4. The number of nitrogens with two attached hydrogens (primary N) is 1. The van der Waals surface area contributed by atoms with Crippen molar-refractivity contribution in [1.29, 1.82) is 0 Å². The van der Waals surface area contributed by atoms with Crippen LogP contribution in [0.15, 0.2) is 108 Å². The monoisotopic (exact) mass is 1130 g/mol. The molecule has 0 amide bonds. The van der Waals surface area contributed by atoms with Crippen molar-refractivity contribution in [2.75, 3.05) is 89.7 Å². The number of nitrogen functional groups attached to an aromatic ring is 1. The average molecular weight is 1130 g/mol. The van der Waals surface area contributed by atoms with E-state index in [0.717, 1.165) is 54.6 Å². The zero-order valence-corrected chi connectivity index (χ0v) is 49.2. The van der Waals surface area contributed by atoms with Crippen LogP contribution in [0.4, 0.5) is 17.1 Å². The van der Waals surface area contributed by atoms with Crippen LogP contribution >= 0.6 is 12.4 Å². The molecule has 4 heterocycles. The molecule has 424 valence electrons. The Kier molecular flexibility index (Phi) is 22.7. The molecule has 0 bridgehead atoms. The fourth-order valence-electron chi connectivity index (χ4n) is 10.1. The molecular formula is C57H78ClN9O9S2. The molecule has 6 aromatic rings. The number of Topliss-reactive ketones (excluding diaryl/α,β-unsaturated/α-hetero) is 1. The van der Waals surface area contributed by atoms with Gasteiger partial charge in [-0.25, -0.2) is 31.1 Å². The van der Waals surface area contributed by atoms with Crippen LogP contribution in [-0.4, -0.2) is 131 Å². The molecular weight excluding hydrogens is 1050 g/mol. The van der Waals surface area contributed by atoms with Gasteiger partial charge in [0.25, 0.3) is 6.47 Å². The first-order valence-corrected chi connectivity index (χ1v) is 28.7. The van der Waals surface area contributed by atoms with Gasteiger partial charge in [0.15, 0.2) is 0 Å². The molecule has 0 saturated carbocycles. The maximum Gasteiger partial charge on any atom is 0.293 e. The number of piperidine rings is 2. The zero-order chi connectivity index (χ0) is 56.0. The minimum atomic E-state index is -3.72. The molecule has 0 aliphatic carbocycles. The maximum absolute atomic E-state index is 13.2. The summed E-state index contributed by atoms with van der Waals surface area (Å²) >= 11 is 0. The molecule has 0 spiro atoms. The number of nitrogens with zero attached hydrogens (tertiary/aromatic N) is 8. The summed E-state index contributed by atoms with van der Waals surface area (Å²) in [7, 11) is 2.85. The third kappa shape index (κ3) is 15.9. The molecule has 4 aromatic carbocycles. The molecule has 21 heteroatoms. The van der Waals surface area contributed by atoms with E-state index in [4.69, 9.17) is 15.2 Å². The molecule has 2 aliphatic rings. The van der Waals surface area contributed by atoms with E-state index >= 15 is 0 Å². The first-order valence-electron chi connectivity index (χ1n) is 25.8. The number of carbonyl (C=O) groups is 2. The van der Waals surface area contributed by atoms with Gasteiger partial charge < -0.3 is 38.9 Å². The van der Waals surface area contributed by atoms with Gasteiger partial charge in [0.1, 0.15) is 23.9 Å². The number of benzene rings is 4. The minimum absolute atomic E-state index is 0. The van der Waals surface area contributed by atoms with E-state index in [1.807, 2.05) is 49.3 Å². The third-order valence-corrected chi connectivity index (χ3v) is 18.8. The molecule has 0 radical (unpaired) electrons. The summed E-state index contributed by atoms with van der Waals surface area (Å²) in [6.07, 6.45) is 12.7. The topological polar surface area (TPSA) is 205 Å². The Balaban J connectivity index is 0.000000236. The molecule has 78 heavy (non-hydrogen) atoms. The van der Waals surface area contributed by atoms with Gasteiger partial charge in [-0.1, -0.05) is 12.1 Å². The summed E-state index contributed by atoms with van der Waals surface area (Å²) in [5.74, 6) is 2.43. The number of sulfonamides is 2. The van der Waals surface area contributed by atoms with Crippen molar-refractivity contribution in [2.24, 2.45) is 14.1 Å². The lowest BCUT2D eigenvalue weighted by molar-refractivity contribution is -0.128. The van der Waals surface area contributed by atoms with Crippen molar-refractivity contribution in [2.45, 2.75) is 87.8 Å². The number of ether oxygens (including phenoxy) is 3. The van der Waals surface area contributed by atoms with Crippen LogP contribution in [0.1, 0.15) is 83.1 Å². The average Bonchev–Trinajstić information content (AvgIpc) is 4.05. The van der Waals surface area contributed by atoms with Crippen molar-refractivity contribution in [1.82, 2.24) is 27.7 Å². The predicted molar refractivity (Wildman–Crippen MR) is 309 cm³/mol. The van der Waals surface area contributed by atoms with Gasteiger partial charge in [0.05, 0.1) is 36.7 Å². The Labute approximate surface area is 468 Å². The lowest BCUT2D eigenvalue weighted by Crippen LogP contribution is -2.33. The van der Waals surface area contributed by atoms with Crippen LogP contribution in [0.25, 0.3) is 0 Å². The largest absolute Gasteiger partial charge is 0.497 e. The molecule has 2 saturated heterocycles. The van der Waals surface area contributed by atoms with Crippen molar-refractivity contribution in [3.05, 3.63) is 137 Å². The van der Waals surface area contributed by atoms with Gasteiger partial charge in [-0.3, -0.25) is 9.59 Å². The van der Waals surface area contributed by atoms with E-state index < -0.39 is 20.0 Å². The summed E-state index contributed by atoms with van der Waals surface area (Å²) in [6, 6.07) is 23.1. The van der Waals surface area contributed by atoms with Crippen LogP contribution < -0.4 is 25.0 Å². The molecule has 8 rings (SSSR count). The second-order valence-electron chi connectivity index (χ2n) is 19.9. The summed E-state index contributed by atoms with van der Waals surface area (Å²) in [5, 5.41) is 0. The Morgan fingerprint density at radius 1 is 0.654 bits per heavy atom. The van der Waals surface area contributed by atoms with Gasteiger partial charge in [0, 0.05) is 133 Å². The normalized spacial score (nSPS) is 14.2. The molecule has 2 aromatic heterocycles. The summed E-state index contributed by atoms with van der Waals surface area (Å²) in [5.41, 5.74) is 15.1. The summed E-state index contributed by atoms with van der Waals surface area (Å²) in [4.78, 5) is 36.6. The Bertz CT molecular complexity index is 3090. The molecule has 18 nitrogen and oxygen atoms in total. The zero-order valence-electron chi connectivity index (χ0n) is 46.7. The smallest absolute Gasteiger partial charge is 0.293 e. The first kappa shape index (κ1) is 62.4. The van der Waals surface area contributed by atoms with Gasteiger partial charge >= 0.3 is 0 Å². The van der Waals surface area contributed by atoms with Crippen LogP contribution in [0.3, 0.4) is 0 Å². The highest BCUT2D eigenvalue weighted by atomic mass is 35.5. The number of halogens is 1. The lowest BCUT2D eigenvalue weighted by atomic mass is 9.93. The second-order valence-corrected chi connectivity index (χ2v) is 23.9. The number of carbonyl (C=O) groups excluding carboxylic acids is 2. The third-order valence-electron chi connectivity index (χ3n) is 14.5. The molecule has 2 N–H and O–H groups in total. The molecule has 0 atom stereocenters. The Morgan fingerprint density at radius 3 is 1.40 bits per heavy atom. The number of ketones is 1.